The summed E-state index contributed by atoms with van der Waals surface area (Å²) in [6.45, 7) is 2.60. The van der Waals surface area contributed by atoms with E-state index in [1.54, 1.807) is 0 Å². The predicted molar refractivity (Wildman–Crippen MR) is 68.0 cm³/mol. The van der Waals surface area contributed by atoms with Crippen molar-refractivity contribution in [2.45, 2.75) is 44.8 Å². The number of nitrogens with zero attached hydrogens (tertiary/aromatic N) is 2. The fourth-order valence-electron chi connectivity index (χ4n) is 2.17. The molecule has 6 heteroatoms. The number of anilines is 2. The molecule has 0 saturated heterocycles. The van der Waals surface area contributed by atoms with E-state index in [4.69, 9.17) is 0 Å². The van der Waals surface area contributed by atoms with Crippen LogP contribution in [-0.2, 0) is 0 Å². The average Bonchev–Trinajstić information content (AvgIpc) is 2.36. The molecule has 2 unspecified atom stereocenters. The average molecular weight is 254 g/mol. The Kier molecular flexibility index (Phi) is 4.30. The molecular formula is C12H19FN4O. The lowest BCUT2D eigenvalue weighted by Gasteiger charge is -2.28. The molecule has 1 aromatic heterocycles. The van der Waals surface area contributed by atoms with Crippen molar-refractivity contribution in [2.24, 2.45) is 0 Å². The first-order chi connectivity index (χ1) is 8.70. The van der Waals surface area contributed by atoms with E-state index in [0.717, 1.165) is 31.9 Å². The van der Waals surface area contributed by atoms with E-state index in [9.17, 15) is 9.50 Å². The van der Waals surface area contributed by atoms with Crippen molar-refractivity contribution in [1.82, 2.24) is 9.97 Å². The van der Waals surface area contributed by atoms with E-state index < -0.39 is 11.9 Å². The molecule has 0 radical (unpaired) electrons. The van der Waals surface area contributed by atoms with Gasteiger partial charge in [-0.3, -0.25) is 0 Å². The summed E-state index contributed by atoms with van der Waals surface area (Å²) in [6, 6.07) is -0.127. The SMILES string of the molecule is CCNc1ncc(F)c(NC2CCCCC2O)n1. The maximum absolute atomic E-state index is 13.6. The topological polar surface area (TPSA) is 70.1 Å². The van der Waals surface area contributed by atoms with Crippen molar-refractivity contribution in [3.05, 3.63) is 12.0 Å². The number of halogens is 1. The number of aliphatic hydroxyl groups is 1. The van der Waals surface area contributed by atoms with Crippen LogP contribution in [0.3, 0.4) is 0 Å². The van der Waals surface area contributed by atoms with Crippen LogP contribution in [0.15, 0.2) is 6.20 Å². The van der Waals surface area contributed by atoms with Gasteiger partial charge >= 0.3 is 0 Å². The highest BCUT2D eigenvalue weighted by atomic mass is 19.1. The fraction of sp³-hybridized carbons (Fsp3) is 0.667. The van der Waals surface area contributed by atoms with Gasteiger partial charge in [0, 0.05) is 6.54 Å². The Balaban J connectivity index is 2.09. The van der Waals surface area contributed by atoms with Crippen LogP contribution in [0.4, 0.5) is 16.2 Å². The van der Waals surface area contributed by atoms with Crippen molar-refractivity contribution in [3.63, 3.8) is 0 Å². The third-order valence-electron chi connectivity index (χ3n) is 3.13. The maximum atomic E-state index is 13.6. The first-order valence-electron chi connectivity index (χ1n) is 6.41. The third-order valence-corrected chi connectivity index (χ3v) is 3.13. The van der Waals surface area contributed by atoms with E-state index in [2.05, 4.69) is 20.6 Å². The number of hydrogen-bond donors (Lipinski definition) is 3. The normalized spacial score (nSPS) is 23.7. The fourth-order valence-corrected chi connectivity index (χ4v) is 2.17. The zero-order valence-electron chi connectivity index (χ0n) is 10.5. The van der Waals surface area contributed by atoms with Crippen LogP contribution in [0.25, 0.3) is 0 Å². The Morgan fingerprint density at radius 2 is 2.22 bits per heavy atom. The van der Waals surface area contributed by atoms with Crippen molar-refractivity contribution in [2.75, 3.05) is 17.2 Å². The van der Waals surface area contributed by atoms with Crippen LogP contribution in [-0.4, -0.2) is 33.8 Å². The molecule has 18 heavy (non-hydrogen) atoms. The molecule has 0 amide bonds. The summed E-state index contributed by atoms with van der Waals surface area (Å²) >= 11 is 0. The molecule has 1 fully saturated rings. The van der Waals surface area contributed by atoms with Crippen LogP contribution in [0.2, 0.25) is 0 Å². The Morgan fingerprint density at radius 1 is 1.44 bits per heavy atom. The zero-order chi connectivity index (χ0) is 13.0. The molecule has 0 aliphatic heterocycles. The Bertz CT molecular complexity index is 402. The molecule has 1 saturated carbocycles. The van der Waals surface area contributed by atoms with Gasteiger partial charge in [0.1, 0.15) is 0 Å². The molecule has 5 nitrogen and oxygen atoms in total. The maximum Gasteiger partial charge on any atom is 0.224 e. The van der Waals surface area contributed by atoms with Gasteiger partial charge in [0.05, 0.1) is 18.3 Å². The van der Waals surface area contributed by atoms with Crippen LogP contribution < -0.4 is 10.6 Å². The van der Waals surface area contributed by atoms with Crippen LogP contribution in [0.5, 0.6) is 0 Å². The third kappa shape index (κ3) is 3.07. The van der Waals surface area contributed by atoms with Crippen molar-refractivity contribution >= 4 is 11.8 Å². The van der Waals surface area contributed by atoms with Gasteiger partial charge in [0.2, 0.25) is 5.95 Å². The molecule has 2 rings (SSSR count). The van der Waals surface area contributed by atoms with Crippen molar-refractivity contribution < 1.29 is 9.50 Å². The summed E-state index contributed by atoms with van der Waals surface area (Å²) in [5.74, 6) is 0.0630. The summed E-state index contributed by atoms with van der Waals surface area (Å²) in [5.41, 5.74) is 0. The standard InChI is InChI=1S/C12H19FN4O/c1-2-14-12-15-7-8(13)11(17-12)16-9-5-3-4-6-10(9)18/h7,9-10,18H,2-6H2,1H3,(H2,14,15,16,17). The first-order valence-corrected chi connectivity index (χ1v) is 6.41. The van der Waals surface area contributed by atoms with Gasteiger partial charge in [-0.2, -0.15) is 4.98 Å². The summed E-state index contributed by atoms with van der Waals surface area (Å²) in [5, 5.41) is 15.8. The molecule has 1 aliphatic rings. The number of hydrogen-bond acceptors (Lipinski definition) is 5. The minimum absolute atomic E-state index is 0.127. The Morgan fingerprint density at radius 3 is 2.94 bits per heavy atom. The second-order valence-corrected chi connectivity index (χ2v) is 4.52. The summed E-state index contributed by atoms with van der Waals surface area (Å²) in [4.78, 5) is 7.91. The molecule has 1 aliphatic carbocycles. The predicted octanol–water partition coefficient (Wildman–Crippen LogP) is 1.76. The van der Waals surface area contributed by atoms with Gasteiger partial charge in [-0.25, -0.2) is 9.37 Å². The second kappa shape index (κ2) is 5.95. The van der Waals surface area contributed by atoms with Crippen LogP contribution in [0, 0.1) is 5.82 Å². The van der Waals surface area contributed by atoms with Crippen molar-refractivity contribution in [1.29, 1.82) is 0 Å². The molecule has 1 heterocycles. The highest BCUT2D eigenvalue weighted by Crippen LogP contribution is 2.23. The highest BCUT2D eigenvalue weighted by Gasteiger charge is 2.24. The number of aliphatic hydroxyl groups excluding tert-OH is 1. The van der Waals surface area contributed by atoms with E-state index in [-0.39, 0.29) is 11.9 Å². The largest absolute Gasteiger partial charge is 0.391 e. The van der Waals surface area contributed by atoms with Gasteiger partial charge in [0.25, 0.3) is 0 Å². The summed E-state index contributed by atoms with van der Waals surface area (Å²) in [6.07, 6.45) is 4.36. The number of nitrogens with one attached hydrogen (secondary N) is 2. The lowest BCUT2D eigenvalue weighted by atomic mass is 9.92. The molecule has 0 bridgehead atoms. The van der Waals surface area contributed by atoms with Crippen LogP contribution >= 0.6 is 0 Å². The molecular weight excluding hydrogens is 235 g/mol. The van der Waals surface area contributed by atoms with Gasteiger partial charge in [-0.1, -0.05) is 12.8 Å². The molecule has 100 valence electrons. The van der Waals surface area contributed by atoms with Gasteiger partial charge in [0.15, 0.2) is 11.6 Å². The summed E-state index contributed by atoms with van der Waals surface area (Å²) in [7, 11) is 0. The second-order valence-electron chi connectivity index (χ2n) is 4.52. The monoisotopic (exact) mass is 254 g/mol. The highest BCUT2D eigenvalue weighted by molar-refractivity contribution is 5.42. The minimum atomic E-state index is -0.491. The van der Waals surface area contributed by atoms with Crippen LogP contribution in [0.1, 0.15) is 32.6 Å². The molecule has 0 aromatic carbocycles. The minimum Gasteiger partial charge on any atom is -0.391 e. The number of rotatable bonds is 4. The molecule has 0 spiro atoms. The quantitative estimate of drug-likeness (QED) is 0.764. The molecule has 1 aromatic rings. The van der Waals surface area contributed by atoms with Gasteiger partial charge in [-0.15, -0.1) is 0 Å². The Labute approximate surface area is 106 Å². The summed E-state index contributed by atoms with van der Waals surface area (Å²) < 4.78 is 13.6. The smallest absolute Gasteiger partial charge is 0.224 e. The Hall–Kier alpha value is -1.43. The first kappa shape index (κ1) is 13.0. The molecule has 2 atom stereocenters. The van der Waals surface area contributed by atoms with E-state index in [1.807, 2.05) is 6.92 Å². The van der Waals surface area contributed by atoms with Gasteiger partial charge in [-0.05, 0) is 19.8 Å². The number of aromatic nitrogens is 2. The van der Waals surface area contributed by atoms with E-state index in [0.29, 0.717) is 12.5 Å². The van der Waals surface area contributed by atoms with Crippen molar-refractivity contribution in [3.8, 4) is 0 Å². The van der Waals surface area contributed by atoms with Gasteiger partial charge < -0.3 is 15.7 Å². The molecule has 3 N–H and O–H groups in total. The lowest BCUT2D eigenvalue weighted by molar-refractivity contribution is 0.116. The van der Waals surface area contributed by atoms with E-state index >= 15 is 0 Å². The van der Waals surface area contributed by atoms with E-state index in [1.165, 1.54) is 0 Å². The zero-order valence-corrected chi connectivity index (χ0v) is 10.5. The lowest BCUT2D eigenvalue weighted by Crippen LogP contribution is -2.36.